The predicted molar refractivity (Wildman–Crippen MR) is 320 cm³/mol. The summed E-state index contributed by atoms with van der Waals surface area (Å²) in [5, 5.41) is 24.6. The Kier molecular flexibility index (Phi) is 21.3. The molecule has 472 valence electrons. The zero-order valence-electron chi connectivity index (χ0n) is 49.8. The van der Waals surface area contributed by atoms with E-state index in [1.54, 1.807) is 58.9 Å². The van der Waals surface area contributed by atoms with Crippen molar-refractivity contribution in [3.05, 3.63) is 105 Å². The minimum atomic E-state index is -3.47. The third-order valence-electron chi connectivity index (χ3n) is 15.8. The van der Waals surface area contributed by atoms with Crippen LogP contribution in [0.4, 0.5) is 0 Å². The van der Waals surface area contributed by atoms with Crippen LogP contribution >= 0.6 is 0 Å². The van der Waals surface area contributed by atoms with Gasteiger partial charge in [-0.1, -0.05) is 49.1 Å². The number of amides is 6. The van der Waals surface area contributed by atoms with Crippen LogP contribution in [-0.4, -0.2) is 194 Å². The number of esters is 1. The van der Waals surface area contributed by atoms with Gasteiger partial charge in [0, 0.05) is 99.8 Å². The number of rotatable bonds is 27. The molecule has 0 saturated carbocycles. The van der Waals surface area contributed by atoms with Crippen LogP contribution in [0.25, 0.3) is 22.3 Å². The predicted octanol–water partition coefficient (Wildman–Crippen LogP) is -0.211. The summed E-state index contributed by atoms with van der Waals surface area (Å²) in [7, 11) is -3.47. The first-order chi connectivity index (χ1) is 42.8. The molecule has 27 nitrogen and oxygen atoms in total. The average Bonchev–Trinajstić information content (AvgIpc) is 1.65. The Balaban J connectivity index is 0.674. The summed E-state index contributed by atoms with van der Waals surface area (Å²) >= 11 is 0. The zero-order chi connectivity index (χ0) is 63.2. The van der Waals surface area contributed by atoms with Gasteiger partial charge in [-0.2, -0.15) is 0 Å². The van der Waals surface area contributed by atoms with Gasteiger partial charge in [0.15, 0.2) is 17.1 Å². The summed E-state index contributed by atoms with van der Waals surface area (Å²) in [6.07, 6.45) is 6.56. The van der Waals surface area contributed by atoms with Gasteiger partial charge >= 0.3 is 5.97 Å². The first-order valence-corrected chi connectivity index (χ1v) is 31.4. The van der Waals surface area contributed by atoms with E-state index in [0.29, 0.717) is 65.3 Å². The Labute approximate surface area is 513 Å². The second kappa shape index (κ2) is 29.4. The highest BCUT2D eigenvalue weighted by molar-refractivity contribution is 7.90. The van der Waals surface area contributed by atoms with Gasteiger partial charge in [-0.05, 0) is 69.0 Å². The van der Waals surface area contributed by atoms with Crippen molar-refractivity contribution in [2.24, 2.45) is 0 Å². The number of likely N-dealkylation sites (N-methyl/N-ethyl adjacent to an activating group) is 1. The van der Waals surface area contributed by atoms with Crippen molar-refractivity contribution in [1.82, 2.24) is 60.8 Å². The smallest absolute Gasteiger partial charge is 0.343 e. The summed E-state index contributed by atoms with van der Waals surface area (Å²) in [5.41, 5.74) is 2.22. The van der Waals surface area contributed by atoms with Crippen molar-refractivity contribution in [2.45, 2.75) is 88.7 Å². The molecular formula is C61H72N12O15S. The van der Waals surface area contributed by atoms with Gasteiger partial charge in [0.1, 0.15) is 26.0 Å². The van der Waals surface area contributed by atoms with Gasteiger partial charge < -0.3 is 69.9 Å². The number of unbranched alkanes of at least 4 members (excludes halogenated alkanes) is 1. The standard InChI is InChI=1S/C61H72N12O15S/c1-4-61(82)45-27-48-56-43(34-73(48)58(80)44(45)35-86-59(61)81)41(42-26-49-50(88-38-87-49)28-46(42)69-56)17-20-72(5-2)55(78)36-85-37-67-53(76)32-64-57(79)47(25-39-13-8-6-9-14-39)68-54(77)33-63-52(75)31-62-51(74)16-12-19-71-23-21-70(22-24-71)18-11-7-10-15-40-29-65-60(66-30-40)89(3,83)84/h6,8-9,13-14,26-30,47,82H,4-5,7,11-12,16-25,31-38H2,1-3H3,(H,62,74)(H,63,75)(H,64,79)(H,67,76)(H,68,77)/t47-,61-/m0/s1. The maximum Gasteiger partial charge on any atom is 0.343 e. The first-order valence-electron chi connectivity index (χ1n) is 29.5. The monoisotopic (exact) mass is 1240 g/mol. The van der Waals surface area contributed by atoms with E-state index in [1.807, 2.05) is 13.0 Å². The van der Waals surface area contributed by atoms with Gasteiger partial charge in [-0.15, -0.1) is 0 Å². The fourth-order valence-corrected chi connectivity index (χ4v) is 11.4. The van der Waals surface area contributed by atoms with Crippen molar-refractivity contribution < 1.29 is 66.0 Å². The lowest BCUT2D eigenvalue weighted by Crippen LogP contribution is -2.52. The molecule has 0 bridgehead atoms. The number of pyridine rings is 2. The fraction of sp³-hybridized carbons (Fsp3) is 0.459. The summed E-state index contributed by atoms with van der Waals surface area (Å²) in [6, 6.07) is 12.9. The number of aromatic nitrogens is 4. The Bertz CT molecular complexity index is 3740. The van der Waals surface area contributed by atoms with Gasteiger partial charge in [-0.25, -0.2) is 28.2 Å². The Morgan fingerprint density at radius 2 is 1.51 bits per heavy atom. The highest BCUT2D eigenvalue weighted by atomic mass is 32.2. The zero-order valence-corrected chi connectivity index (χ0v) is 50.6. The summed E-state index contributed by atoms with van der Waals surface area (Å²) in [5.74, 6) is 2.93. The van der Waals surface area contributed by atoms with E-state index in [2.05, 4.69) is 58.2 Å². The topological polar surface area (TPSA) is 341 Å². The molecule has 4 aliphatic rings. The first kappa shape index (κ1) is 64.6. The third-order valence-corrected chi connectivity index (χ3v) is 16.7. The molecule has 0 aliphatic carbocycles. The van der Waals surface area contributed by atoms with E-state index >= 15 is 0 Å². The van der Waals surface area contributed by atoms with Gasteiger partial charge in [-0.3, -0.25) is 33.6 Å². The van der Waals surface area contributed by atoms with E-state index in [-0.39, 0.29) is 87.1 Å². The second-order valence-electron chi connectivity index (χ2n) is 21.9. The summed E-state index contributed by atoms with van der Waals surface area (Å²) in [4.78, 5) is 124. The molecule has 89 heavy (non-hydrogen) atoms. The van der Waals surface area contributed by atoms with Crippen LogP contribution in [-0.2, 0) is 84.5 Å². The van der Waals surface area contributed by atoms with Gasteiger partial charge in [0.2, 0.25) is 57.2 Å². The minimum Gasteiger partial charge on any atom is -0.458 e. The molecule has 0 unspecified atom stereocenters. The largest absolute Gasteiger partial charge is 0.458 e. The highest BCUT2D eigenvalue weighted by Crippen LogP contribution is 2.43. The molecule has 2 atom stereocenters. The molecule has 7 heterocycles. The minimum absolute atomic E-state index is 0.0108. The van der Waals surface area contributed by atoms with Crippen LogP contribution in [0.3, 0.4) is 0 Å². The van der Waals surface area contributed by atoms with E-state index in [1.165, 1.54) is 12.4 Å². The number of hydrogen-bond donors (Lipinski definition) is 6. The van der Waals surface area contributed by atoms with Crippen molar-refractivity contribution in [1.29, 1.82) is 0 Å². The molecule has 1 fully saturated rings. The Morgan fingerprint density at radius 1 is 0.831 bits per heavy atom. The summed E-state index contributed by atoms with van der Waals surface area (Å²) in [6.45, 7) is 6.83. The number of hydrogen-bond acceptors (Lipinski definition) is 20. The second-order valence-corrected chi connectivity index (χ2v) is 23.8. The molecule has 2 aromatic carbocycles. The average molecular weight is 1250 g/mol. The van der Waals surface area contributed by atoms with Crippen LogP contribution in [0.1, 0.15) is 79.3 Å². The lowest BCUT2D eigenvalue weighted by atomic mass is 9.86. The number of nitrogens with one attached hydrogen (secondary N) is 5. The number of nitrogens with zero attached hydrogens (tertiary/aromatic N) is 7. The summed E-state index contributed by atoms with van der Waals surface area (Å²) < 4.78 is 46.8. The molecule has 28 heteroatoms. The number of carbonyl (C=O) groups excluding carboxylic acids is 7. The third kappa shape index (κ3) is 16.3. The molecule has 9 rings (SSSR count). The quantitative estimate of drug-likeness (QED) is 0.0128. The number of cyclic esters (lactones) is 1. The number of fused-ring (bicyclic) bond motifs is 6. The van der Waals surface area contributed by atoms with Crippen molar-refractivity contribution in [3.63, 3.8) is 0 Å². The van der Waals surface area contributed by atoms with Gasteiger partial charge in [0.25, 0.3) is 5.56 Å². The number of aliphatic hydroxyl groups is 1. The van der Waals surface area contributed by atoms with Crippen LogP contribution in [0.5, 0.6) is 11.5 Å². The number of carbonyl (C=O) groups is 7. The molecule has 3 aromatic heterocycles. The van der Waals surface area contributed by atoms with Gasteiger partial charge in [0.05, 0.1) is 54.2 Å². The maximum absolute atomic E-state index is 14.0. The van der Waals surface area contributed by atoms with Crippen LogP contribution in [0, 0.1) is 11.8 Å². The van der Waals surface area contributed by atoms with E-state index in [4.69, 9.17) is 23.9 Å². The molecule has 0 spiro atoms. The van der Waals surface area contributed by atoms with E-state index in [0.717, 1.165) is 68.5 Å². The maximum atomic E-state index is 14.0. The number of ether oxygens (including phenoxy) is 4. The molecular weight excluding hydrogens is 1170 g/mol. The molecule has 6 N–H and O–H groups in total. The van der Waals surface area contributed by atoms with Crippen molar-refractivity contribution in [2.75, 3.05) is 98.4 Å². The van der Waals surface area contributed by atoms with E-state index < -0.39 is 76.3 Å². The Hall–Kier alpha value is -8.88. The number of sulfone groups is 1. The highest BCUT2D eigenvalue weighted by Gasteiger charge is 2.46. The SMILES string of the molecule is CCN(CCc1c2c(nc3cc4c(cc13)OCO4)-c1cc3c(c(=O)n1C2)COC(=O)[C@]3(O)CC)C(=O)COCNC(=O)CNC(=O)[C@H](Cc1ccccc1)NC(=O)CNC(=O)CNC(=O)CCCN1CCN(CCCC#Cc2cnc(S(C)(=O)=O)nc2)CC1. The Morgan fingerprint density at radius 3 is 2.21 bits per heavy atom. The van der Waals surface area contributed by atoms with Crippen LogP contribution < -0.4 is 41.6 Å². The molecule has 0 radical (unpaired) electrons. The molecule has 5 aromatic rings. The lowest BCUT2D eigenvalue weighted by Gasteiger charge is -2.34. The van der Waals surface area contributed by atoms with Crippen molar-refractivity contribution >= 4 is 62.2 Å². The molecule has 6 amide bonds. The van der Waals surface area contributed by atoms with E-state index in [9.17, 15) is 51.9 Å². The van der Waals surface area contributed by atoms with Crippen LogP contribution in [0.2, 0.25) is 0 Å². The lowest BCUT2D eigenvalue weighted by molar-refractivity contribution is -0.172. The number of piperazine rings is 1. The van der Waals surface area contributed by atoms with Crippen molar-refractivity contribution in [3.8, 4) is 34.7 Å². The normalized spacial score (nSPS) is 16.2. The molecule has 1 saturated heterocycles. The van der Waals surface area contributed by atoms with Crippen LogP contribution in [0.15, 0.2) is 70.9 Å². The molecule has 4 aliphatic heterocycles. The number of benzene rings is 2. The fourth-order valence-electron chi connectivity index (χ4n) is 10.9.